The van der Waals surface area contributed by atoms with Crippen LogP contribution in [-0.4, -0.2) is 20.6 Å². The molecule has 1 heterocycles. The Morgan fingerprint density at radius 1 is 1.44 bits per heavy atom. The van der Waals surface area contributed by atoms with E-state index in [0.29, 0.717) is 0 Å². The van der Waals surface area contributed by atoms with E-state index in [0.717, 1.165) is 5.82 Å². The van der Waals surface area contributed by atoms with Gasteiger partial charge in [0.15, 0.2) is 5.82 Å². The summed E-state index contributed by atoms with van der Waals surface area (Å²) in [4.78, 5) is 0. The second kappa shape index (κ2) is 1.79. The van der Waals surface area contributed by atoms with Gasteiger partial charge in [0.05, 0.1) is 0 Å². The summed E-state index contributed by atoms with van der Waals surface area (Å²) in [7, 11) is 0. The molecular weight excluding hydrogens is 116 g/mol. The van der Waals surface area contributed by atoms with E-state index in [-0.39, 0.29) is 6.84 Å². The van der Waals surface area contributed by atoms with Gasteiger partial charge in [-0.2, -0.15) is 5.21 Å². The van der Waals surface area contributed by atoms with Crippen molar-refractivity contribution < 1.29 is 1.43 Å². The highest BCUT2D eigenvalue weighted by atomic mass is 15.5. The predicted octanol–water partition coefficient (Wildman–Crippen LogP) is 0.743. The van der Waals surface area contributed by atoms with Gasteiger partial charge in [0.1, 0.15) is 0 Å². The lowest BCUT2D eigenvalue weighted by molar-refractivity contribution is 0.546. The molecule has 0 atom stereocenters. The number of hydrogen-bond donors (Lipinski definition) is 1. The van der Waals surface area contributed by atoms with Gasteiger partial charge in [-0.05, 0) is 0 Å². The summed E-state index contributed by atoms with van der Waals surface area (Å²) < 4.78 is 0. The van der Waals surface area contributed by atoms with Crippen LogP contribution in [0.5, 0.6) is 0 Å². The Kier molecular flexibility index (Phi) is 1.23. The molecule has 4 heteroatoms. The maximum Gasteiger partial charge on any atom is 0.179 e. The third-order valence-corrected chi connectivity index (χ3v) is 1.02. The molecule has 0 amide bonds. The molecule has 0 aliphatic rings. The summed E-state index contributed by atoms with van der Waals surface area (Å²) in [6.45, 7) is 6.12. The Morgan fingerprint density at radius 2 is 2.11 bits per heavy atom. The first-order valence-corrected chi connectivity index (χ1v) is 2.84. The lowest BCUT2D eigenvalue weighted by Crippen LogP contribution is -2.13. The SMILES string of the molecule is CC(C)(C)c1nn[nH]n1.[HH]. The van der Waals surface area contributed by atoms with Crippen LogP contribution in [0.1, 0.15) is 28.0 Å². The number of hydrogen-bond acceptors (Lipinski definition) is 3. The van der Waals surface area contributed by atoms with Crippen molar-refractivity contribution in [3.63, 3.8) is 0 Å². The average Bonchev–Trinajstić information content (AvgIpc) is 2.08. The molecule has 0 aromatic carbocycles. The summed E-state index contributed by atoms with van der Waals surface area (Å²) >= 11 is 0. The van der Waals surface area contributed by atoms with Crippen molar-refractivity contribution in [2.45, 2.75) is 26.2 Å². The third-order valence-electron chi connectivity index (χ3n) is 1.02. The molecule has 0 spiro atoms. The first kappa shape index (κ1) is 6.19. The predicted molar refractivity (Wildman–Crippen MR) is 35.0 cm³/mol. The second-order valence-electron chi connectivity index (χ2n) is 2.99. The molecule has 1 aromatic heterocycles. The van der Waals surface area contributed by atoms with Gasteiger partial charge in [-0.25, -0.2) is 0 Å². The van der Waals surface area contributed by atoms with Crippen LogP contribution in [0.15, 0.2) is 0 Å². The lowest BCUT2D eigenvalue weighted by atomic mass is 9.96. The standard InChI is InChI=1S/C5H10N4.H2/c1-5(2,3)4-6-8-9-7-4;/h1-3H3,(H,6,7,8,9);1H. The minimum absolute atomic E-state index is 0. The average molecular weight is 128 g/mol. The monoisotopic (exact) mass is 128 g/mol. The number of nitrogens with zero attached hydrogens (tertiary/aromatic N) is 3. The first-order chi connectivity index (χ1) is 4.11. The molecule has 1 N–H and O–H groups in total. The van der Waals surface area contributed by atoms with Crippen molar-refractivity contribution >= 4 is 0 Å². The molecule has 1 aromatic rings. The number of tetrazole rings is 1. The van der Waals surface area contributed by atoms with E-state index >= 15 is 0 Å². The van der Waals surface area contributed by atoms with Gasteiger partial charge in [-0.3, -0.25) is 0 Å². The highest BCUT2D eigenvalue weighted by molar-refractivity contribution is 4.95. The quantitative estimate of drug-likeness (QED) is 0.560. The molecule has 0 saturated heterocycles. The smallest absolute Gasteiger partial charge is 0.177 e. The Hall–Kier alpha value is -0.930. The van der Waals surface area contributed by atoms with Gasteiger partial charge < -0.3 is 0 Å². The van der Waals surface area contributed by atoms with Crippen molar-refractivity contribution in [3.8, 4) is 0 Å². The first-order valence-electron chi connectivity index (χ1n) is 2.84. The van der Waals surface area contributed by atoms with E-state index < -0.39 is 0 Å². The minimum atomic E-state index is 0. The van der Waals surface area contributed by atoms with Crippen LogP contribution >= 0.6 is 0 Å². The highest BCUT2D eigenvalue weighted by Gasteiger charge is 2.17. The molecule has 0 saturated carbocycles. The maximum absolute atomic E-state index is 3.84. The molecule has 4 nitrogen and oxygen atoms in total. The van der Waals surface area contributed by atoms with E-state index in [9.17, 15) is 0 Å². The van der Waals surface area contributed by atoms with E-state index in [2.05, 4.69) is 20.6 Å². The fourth-order valence-electron chi connectivity index (χ4n) is 0.480. The Bertz CT molecular complexity index is 176. The number of rotatable bonds is 0. The molecule has 1 rings (SSSR count). The Labute approximate surface area is 55.1 Å². The zero-order valence-electron chi connectivity index (χ0n) is 5.84. The highest BCUT2D eigenvalue weighted by Crippen LogP contribution is 2.14. The molecule has 9 heavy (non-hydrogen) atoms. The minimum Gasteiger partial charge on any atom is -0.177 e. The molecule has 52 valence electrons. The number of aromatic amines is 1. The van der Waals surface area contributed by atoms with Crippen LogP contribution in [0.4, 0.5) is 0 Å². The van der Waals surface area contributed by atoms with Gasteiger partial charge >= 0.3 is 0 Å². The van der Waals surface area contributed by atoms with Gasteiger partial charge in [0.25, 0.3) is 0 Å². The van der Waals surface area contributed by atoms with Crippen LogP contribution in [0, 0.1) is 0 Å². The van der Waals surface area contributed by atoms with Crippen LogP contribution in [0.25, 0.3) is 0 Å². The molecular formula is C5H12N4. The van der Waals surface area contributed by atoms with Crippen molar-refractivity contribution in [3.05, 3.63) is 5.82 Å². The third kappa shape index (κ3) is 1.25. The number of H-pyrrole nitrogens is 1. The summed E-state index contributed by atoms with van der Waals surface area (Å²) in [5, 5.41) is 13.5. The van der Waals surface area contributed by atoms with E-state index in [1.807, 2.05) is 20.8 Å². The summed E-state index contributed by atoms with van der Waals surface area (Å²) in [5.41, 5.74) is 0.00694. The molecule has 0 fully saturated rings. The summed E-state index contributed by atoms with van der Waals surface area (Å²) in [6, 6.07) is 0. The largest absolute Gasteiger partial charge is 0.179 e. The zero-order valence-corrected chi connectivity index (χ0v) is 5.84. The molecule has 0 aliphatic heterocycles. The van der Waals surface area contributed by atoms with Gasteiger partial charge in [-0.1, -0.05) is 26.0 Å². The van der Waals surface area contributed by atoms with Gasteiger partial charge in [-0.15, -0.1) is 10.2 Å². The fourth-order valence-corrected chi connectivity index (χ4v) is 0.480. The van der Waals surface area contributed by atoms with Crippen molar-refractivity contribution in [2.24, 2.45) is 0 Å². The molecule has 0 radical (unpaired) electrons. The summed E-state index contributed by atoms with van der Waals surface area (Å²) in [5.74, 6) is 0.752. The molecule has 0 unspecified atom stereocenters. The Morgan fingerprint density at radius 3 is 2.33 bits per heavy atom. The van der Waals surface area contributed by atoms with Gasteiger partial charge in [0, 0.05) is 6.84 Å². The van der Waals surface area contributed by atoms with Crippen LogP contribution in [0.2, 0.25) is 0 Å². The fraction of sp³-hybridized carbons (Fsp3) is 0.800. The Balaban J connectivity index is 0.000000810. The second-order valence-corrected chi connectivity index (χ2v) is 2.99. The lowest BCUT2D eigenvalue weighted by Gasteiger charge is -2.10. The van der Waals surface area contributed by atoms with Gasteiger partial charge in [0.2, 0.25) is 0 Å². The van der Waals surface area contributed by atoms with Crippen molar-refractivity contribution in [1.82, 2.24) is 20.6 Å². The molecule has 0 bridgehead atoms. The zero-order chi connectivity index (χ0) is 6.91. The number of aromatic nitrogens is 4. The van der Waals surface area contributed by atoms with Crippen LogP contribution in [-0.2, 0) is 5.41 Å². The van der Waals surface area contributed by atoms with Crippen molar-refractivity contribution in [1.29, 1.82) is 0 Å². The van der Waals surface area contributed by atoms with Crippen LogP contribution < -0.4 is 0 Å². The summed E-state index contributed by atoms with van der Waals surface area (Å²) in [6.07, 6.45) is 0. The van der Waals surface area contributed by atoms with Crippen LogP contribution in [0.3, 0.4) is 0 Å². The topological polar surface area (TPSA) is 54.5 Å². The van der Waals surface area contributed by atoms with E-state index in [4.69, 9.17) is 0 Å². The van der Waals surface area contributed by atoms with Crippen molar-refractivity contribution in [2.75, 3.05) is 0 Å². The number of nitrogens with one attached hydrogen (secondary N) is 1. The normalized spacial score (nSPS) is 11.9. The maximum atomic E-state index is 3.84. The van der Waals surface area contributed by atoms with E-state index in [1.165, 1.54) is 0 Å². The molecule has 0 aliphatic carbocycles. The van der Waals surface area contributed by atoms with E-state index in [1.54, 1.807) is 0 Å².